The van der Waals surface area contributed by atoms with E-state index >= 15 is 0 Å². The van der Waals surface area contributed by atoms with Crippen LogP contribution in [0.3, 0.4) is 0 Å². The van der Waals surface area contributed by atoms with Crippen LogP contribution in [0.15, 0.2) is 18.5 Å². The maximum Gasteiger partial charge on any atom is 0.221 e. The van der Waals surface area contributed by atoms with E-state index in [1.165, 1.54) is 0 Å². The van der Waals surface area contributed by atoms with Crippen molar-refractivity contribution in [2.75, 3.05) is 5.73 Å². The Balaban J connectivity index is 2.87. The van der Waals surface area contributed by atoms with Gasteiger partial charge in [0.25, 0.3) is 0 Å². The van der Waals surface area contributed by atoms with Gasteiger partial charge >= 0.3 is 0 Å². The van der Waals surface area contributed by atoms with Crippen molar-refractivity contribution in [2.45, 2.75) is 0 Å². The largest absolute Gasteiger partial charge is 0.368 e. The molecular weight excluding hydrogens is 140 g/mol. The Labute approximate surface area is 63.7 Å². The summed E-state index contributed by atoms with van der Waals surface area (Å²) in [6.07, 6.45) is 3.65. The fourth-order valence-corrected chi connectivity index (χ4v) is 1.06. The number of anilines is 1. The fraction of sp³-hybridized carbons (Fsp3) is 0.143. The maximum absolute atomic E-state index is 5.42. The van der Waals surface area contributed by atoms with E-state index in [1.807, 2.05) is 23.9 Å². The van der Waals surface area contributed by atoms with Gasteiger partial charge in [-0.05, 0) is 6.07 Å². The van der Waals surface area contributed by atoms with Gasteiger partial charge in [0, 0.05) is 24.8 Å². The second-order valence-electron chi connectivity index (χ2n) is 2.43. The molecule has 2 aromatic rings. The zero-order chi connectivity index (χ0) is 7.84. The van der Waals surface area contributed by atoms with Crippen LogP contribution in [0, 0.1) is 0 Å². The molecule has 0 fully saturated rings. The SMILES string of the molecule is Cn1ccc2cnc(N)nc21. The van der Waals surface area contributed by atoms with E-state index in [0.717, 1.165) is 11.0 Å². The first kappa shape index (κ1) is 6.15. The molecule has 4 nitrogen and oxygen atoms in total. The minimum Gasteiger partial charge on any atom is -0.368 e. The lowest BCUT2D eigenvalue weighted by Gasteiger charge is -1.94. The fourth-order valence-electron chi connectivity index (χ4n) is 1.06. The lowest BCUT2D eigenvalue weighted by atomic mass is 10.4. The lowest BCUT2D eigenvalue weighted by Crippen LogP contribution is -1.95. The Morgan fingerprint density at radius 3 is 3.18 bits per heavy atom. The molecule has 0 atom stereocenters. The summed E-state index contributed by atoms with van der Waals surface area (Å²) < 4.78 is 1.91. The maximum atomic E-state index is 5.42. The first-order valence-electron chi connectivity index (χ1n) is 3.31. The predicted molar refractivity (Wildman–Crippen MR) is 42.9 cm³/mol. The highest BCUT2D eigenvalue weighted by molar-refractivity contribution is 5.75. The Bertz CT molecular complexity index is 390. The topological polar surface area (TPSA) is 56.7 Å². The molecule has 0 radical (unpaired) electrons. The monoisotopic (exact) mass is 148 g/mol. The van der Waals surface area contributed by atoms with Gasteiger partial charge in [-0.15, -0.1) is 0 Å². The minimum absolute atomic E-state index is 0.319. The number of hydrogen-bond donors (Lipinski definition) is 1. The predicted octanol–water partition coefficient (Wildman–Crippen LogP) is 0.550. The number of hydrogen-bond acceptors (Lipinski definition) is 3. The van der Waals surface area contributed by atoms with Gasteiger partial charge < -0.3 is 10.3 Å². The van der Waals surface area contributed by atoms with Crippen LogP contribution in [0.1, 0.15) is 0 Å². The molecule has 56 valence electrons. The number of nitrogen functional groups attached to an aromatic ring is 1. The van der Waals surface area contributed by atoms with Gasteiger partial charge in [-0.2, -0.15) is 4.98 Å². The molecule has 2 aromatic heterocycles. The molecule has 0 saturated heterocycles. The smallest absolute Gasteiger partial charge is 0.221 e. The van der Waals surface area contributed by atoms with Gasteiger partial charge in [0.1, 0.15) is 5.65 Å². The third-order valence-corrected chi connectivity index (χ3v) is 1.63. The Hall–Kier alpha value is -1.58. The molecule has 0 aliphatic carbocycles. The Kier molecular flexibility index (Phi) is 1.09. The molecule has 4 heteroatoms. The van der Waals surface area contributed by atoms with E-state index in [2.05, 4.69) is 9.97 Å². The zero-order valence-electron chi connectivity index (χ0n) is 6.15. The highest BCUT2D eigenvalue weighted by Gasteiger charge is 1.98. The molecule has 0 unspecified atom stereocenters. The highest BCUT2D eigenvalue weighted by atomic mass is 15.1. The van der Waals surface area contributed by atoms with Crippen molar-refractivity contribution < 1.29 is 0 Å². The molecule has 0 spiro atoms. The van der Waals surface area contributed by atoms with Crippen molar-refractivity contribution in [1.82, 2.24) is 14.5 Å². The Morgan fingerprint density at radius 2 is 2.36 bits per heavy atom. The van der Waals surface area contributed by atoms with Gasteiger partial charge in [-0.1, -0.05) is 0 Å². The number of aromatic nitrogens is 3. The quantitative estimate of drug-likeness (QED) is 0.593. The summed E-state index contributed by atoms with van der Waals surface area (Å²) in [6, 6.07) is 1.95. The zero-order valence-corrected chi connectivity index (χ0v) is 6.15. The first-order valence-corrected chi connectivity index (χ1v) is 3.31. The van der Waals surface area contributed by atoms with Crippen LogP contribution in [0.4, 0.5) is 5.95 Å². The van der Waals surface area contributed by atoms with Gasteiger partial charge in [0.2, 0.25) is 5.95 Å². The van der Waals surface area contributed by atoms with E-state index < -0.39 is 0 Å². The van der Waals surface area contributed by atoms with Crippen LogP contribution >= 0.6 is 0 Å². The van der Waals surface area contributed by atoms with Crippen LogP contribution in [-0.4, -0.2) is 14.5 Å². The third kappa shape index (κ3) is 0.832. The average molecular weight is 148 g/mol. The second kappa shape index (κ2) is 1.95. The first-order chi connectivity index (χ1) is 5.27. The molecule has 2 N–H and O–H groups in total. The van der Waals surface area contributed by atoms with Crippen LogP contribution < -0.4 is 5.73 Å². The minimum atomic E-state index is 0.319. The van der Waals surface area contributed by atoms with Crippen molar-refractivity contribution >= 4 is 17.0 Å². The summed E-state index contributed by atoms with van der Waals surface area (Å²) in [6.45, 7) is 0. The van der Waals surface area contributed by atoms with E-state index in [4.69, 9.17) is 5.73 Å². The highest BCUT2D eigenvalue weighted by Crippen LogP contribution is 2.10. The van der Waals surface area contributed by atoms with Crippen molar-refractivity contribution in [3.63, 3.8) is 0 Å². The average Bonchev–Trinajstić information content (AvgIpc) is 2.33. The van der Waals surface area contributed by atoms with Crippen molar-refractivity contribution in [3.8, 4) is 0 Å². The second-order valence-corrected chi connectivity index (χ2v) is 2.43. The molecule has 0 aromatic carbocycles. The molecule has 0 amide bonds. The van der Waals surface area contributed by atoms with Gasteiger partial charge in [-0.25, -0.2) is 4.98 Å². The molecule has 0 aliphatic heterocycles. The number of nitrogens with two attached hydrogens (primary N) is 1. The molecule has 2 rings (SSSR count). The molecule has 0 aliphatic rings. The molecule has 2 heterocycles. The standard InChI is InChI=1S/C7H8N4/c1-11-3-2-5-4-9-7(8)10-6(5)11/h2-4H,1H3,(H2,8,9,10). The van der Waals surface area contributed by atoms with Gasteiger partial charge in [-0.3, -0.25) is 0 Å². The molecule has 0 saturated carbocycles. The summed E-state index contributed by atoms with van der Waals surface area (Å²) in [4.78, 5) is 7.94. The summed E-state index contributed by atoms with van der Waals surface area (Å²) in [7, 11) is 1.93. The third-order valence-electron chi connectivity index (χ3n) is 1.63. The van der Waals surface area contributed by atoms with Crippen molar-refractivity contribution in [2.24, 2.45) is 7.05 Å². The summed E-state index contributed by atoms with van der Waals surface area (Å²) in [5, 5.41) is 1.02. The van der Waals surface area contributed by atoms with Crippen molar-refractivity contribution in [1.29, 1.82) is 0 Å². The molecule has 0 bridgehead atoms. The number of nitrogens with zero attached hydrogens (tertiary/aromatic N) is 3. The number of aryl methyl sites for hydroxylation is 1. The van der Waals surface area contributed by atoms with E-state index in [0.29, 0.717) is 5.95 Å². The molecular formula is C7H8N4. The van der Waals surface area contributed by atoms with Crippen molar-refractivity contribution in [3.05, 3.63) is 18.5 Å². The Morgan fingerprint density at radius 1 is 1.55 bits per heavy atom. The van der Waals surface area contributed by atoms with Crippen LogP contribution in [-0.2, 0) is 7.05 Å². The molecule has 11 heavy (non-hydrogen) atoms. The number of fused-ring (bicyclic) bond motifs is 1. The summed E-state index contributed by atoms with van der Waals surface area (Å²) in [5.74, 6) is 0.319. The normalized spacial score (nSPS) is 10.6. The number of rotatable bonds is 0. The van der Waals surface area contributed by atoms with Gasteiger partial charge in [0.05, 0.1) is 0 Å². The van der Waals surface area contributed by atoms with Gasteiger partial charge in [0.15, 0.2) is 0 Å². The van der Waals surface area contributed by atoms with Crippen LogP contribution in [0.25, 0.3) is 11.0 Å². The van der Waals surface area contributed by atoms with E-state index in [9.17, 15) is 0 Å². The lowest BCUT2D eigenvalue weighted by molar-refractivity contribution is 0.946. The van der Waals surface area contributed by atoms with Crippen LogP contribution in [0.5, 0.6) is 0 Å². The van der Waals surface area contributed by atoms with Crippen LogP contribution in [0.2, 0.25) is 0 Å². The summed E-state index contributed by atoms with van der Waals surface area (Å²) in [5.41, 5.74) is 6.29. The van der Waals surface area contributed by atoms with E-state index in [-0.39, 0.29) is 0 Å². The van der Waals surface area contributed by atoms with E-state index in [1.54, 1.807) is 6.20 Å². The summed E-state index contributed by atoms with van der Waals surface area (Å²) >= 11 is 0.